The molecule has 8 heteroatoms. The summed E-state index contributed by atoms with van der Waals surface area (Å²) >= 11 is 0. The monoisotopic (exact) mass is 270 g/mol. The molecule has 0 saturated heterocycles. The van der Waals surface area contributed by atoms with E-state index in [1.165, 1.54) is 0 Å². The second kappa shape index (κ2) is 5.42. The van der Waals surface area contributed by atoms with Crippen LogP contribution in [-0.2, 0) is 17.8 Å². The highest BCUT2D eigenvalue weighted by Crippen LogP contribution is 2.18. The number of ether oxygens (including phenoxy) is 1. The van der Waals surface area contributed by atoms with Crippen molar-refractivity contribution in [1.82, 2.24) is 10.1 Å². The first-order valence-corrected chi connectivity index (χ1v) is 5.15. The van der Waals surface area contributed by atoms with E-state index in [0.29, 0.717) is 6.07 Å². The van der Waals surface area contributed by atoms with Crippen LogP contribution in [0, 0.1) is 11.6 Å². The van der Waals surface area contributed by atoms with Gasteiger partial charge in [0.1, 0.15) is 12.2 Å². The number of rotatable bonds is 5. The topological polar surface area (TPSA) is 85.5 Å². The molecule has 1 aromatic heterocycles. The molecule has 1 N–H and O–H groups in total. The number of carboxylic acids is 1. The first-order valence-electron chi connectivity index (χ1n) is 5.15. The van der Waals surface area contributed by atoms with E-state index in [1.807, 2.05) is 0 Å². The molecule has 0 bridgehead atoms. The Balaban J connectivity index is 1.98. The SMILES string of the molecule is O=C(O)Cc1nc(COc2ccc(F)cc2F)no1. The van der Waals surface area contributed by atoms with E-state index in [4.69, 9.17) is 9.84 Å². The Morgan fingerprint density at radius 3 is 2.89 bits per heavy atom. The first-order chi connectivity index (χ1) is 9.04. The summed E-state index contributed by atoms with van der Waals surface area (Å²) in [7, 11) is 0. The molecule has 2 rings (SSSR count). The van der Waals surface area contributed by atoms with Crippen LogP contribution in [0.5, 0.6) is 5.75 Å². The van der Waals surface area contributed by atoms with Gasteiger partial charge in [-0.2, -0.15) is 4.98 Å². The molecule has 0 radical (unpaired) electrons. The number of carboxylic acid groups (broad SMARTS) is 1. The molecule has 0 atom stereocenters. The number of hydrogen-bond acceptors (Lipinski definition) is 5. The minimum absolute atomic E-state index is 0.0694. The van der Waals surface area contributed by atoms with E-state index in [1.54, 1.807) is 0 Å². The smallest absolute Gasteiger partial charge is 0.312 e. The average Bonchev–Trinajstić information content (AvgIpc) is 2.74. The molecule has 0 saturated carbocycles. The van der Waals surface area contributed by atoms with E-state index in [-0.39, 0.29) is 24.1 Å². The molecule has 0 spiro atoms. The zero-order valence-corrected chi connectivity index (χ0v) is 9.47. The number of nitrogens with zero attached hydrogens (tertiary/aromatic N) is 2. The molecule has 1 aromatic carbocycles. The van der Waals surface area contributed by atoms with Gasteiger partial charge in [-0.15, -0.1) is 0 Å². The lowest BCUT2D eigenvalue weighted by molar-refractivity contribution is -0.136. The molecule has 6 nitrogen and oxygen atoms in total. The van der Waals surface area contributed by atoms with Crippen molar-refractivity contribution in [3.05, 3.63) is 41.5 Å². The second-order valence-corrected chi connectivity index (χ2v) is 3.54. The number of carbonyl (C=O) groups is 1. The van der Waals surface area contributed by atoms with Crippen LogP contribution in [0.4, 0.5) is 8.78 Å². The molecule has 0 aliphatic carbocycles. The van der Waals surface area contributed by atoms with Crippen molar-refractivity contribution >= 4 is 5.97 Å². The molecular weight excluding hydrogens is 262 g/mol. The van der Waals surface area contributed by atoms with Crippen molar-refractivity contribution in [2.45, 2.75) is 13.0 Å². The maximum absolute atomic E-state index is 13.2. The summed E-state index contributed by atoms with van der Waals surface area (Å²) < 4.78 is 35.5. The summed E-state index contributed by atoms with van der Waals surface area (Å²) in [5, 5.41) is 12.0. The second-order valence-electron chi connectivity index (χ2n) is 3.54. The van der Waals surface area contributed by atoms with Crippen molar-refractivity contribution in [1.29, 1.82) is 0 Å². The van der Waals surface area contributed by atoms with Crippen LogP contribution in [0.25, 0.3) is 0 Å². The van der Waals surface area contributed by atoms with Crippen LogP contribution in [0.2, 0.25) is 0 Å². The zero-order valence-electron chi connectivity index (χ0n) is 9.47. The van der Waals surface area contributed by atoms with E-state index >= 15 is 0 Å². The fourth-order valence-corrected chi connectivity index (χ4v) is 1.28. The maximum atomic E-state index is 13.2. The zero-order chi connectivity index (χ0) is 13.8. The summed E-state index contributed by atoms with van der Waals surface area (Å²) in [6.45, 7) is -0.217. The number of benzene rings is 1. The summed E-state index contributed by atoms with van der Waals surface area (Å²) in [6.07, 6.45) is -0.405. The fourth-order valence-electron chi connectivity index (χ4n) is 1.28. The van der Waals surface area contributed by atoms with Gasteiger partial charge in [0.25, 0.3) is 0 Å². The first kappa shape index (κ1) is 12.9. The van der Waals surface area contributed by atoms with Crippen LogP contribution >= 0.6 is 0 Å². The average molecular weight is 270 g/mol. The molecule has 100 valence electrons. The third kappa shape index (κ3) is 3.47. The van der Waals surface area contributed by atoms with E-state index in [9.17, 15) is 13.6 Å². The predicted octanol–water partition coefficient (Wildman–Crippen LogP) is 1.55. The van der Waals surface area contributed by atoms with Crippen molar-refractivity contribution in [2.24, 2.45) is 0 Å². The lowest BCUT2D eigenvalue weighted by atomic mass is 10.3. The van der Waals surface area contributed by atoms with Crippen LogP contribution in [0.1, 0.15) is 11.7 Å². The minimum Gasteiger partial charge on any atom is -0.482 e. The largest absolute Gasteiger partial charge is 0.482 e. The minimum atomic E-state index is -1.11. The van der Waals surface area contributed by atoms with Crippen LogP contribution in [0.3, 0.4) is 0 Å². The highest BCUT2D eigenvalue weighted by molar-refractivity contribution is 5.68. The maximum Gasteiger partial charge on any atom is 0.312 e. The third-order valence-electron chi connectivity index (χ3n) is 2.06. The molecule has 0 amide bonds. The molecule has 19 heavy (non-hydrogen) atoms. The summed E-state index contributed by atoms with van der Waals surface area (Å²) in [4.78, 5) is 14.1. The Kier molecular flexibility index (Phi) is 3.69. The quantitative estimate of drug-likeness (QED) is 0.887. The van der Waals surface area contributed by atoms with Gasteiger partial charge in [-0.25, -0.2) is 8.78 Å². The van der Waals surface area contributed by atoms with Gasteiger partial charge < -0.3 is 14.4 Å². The Labute approximate surface area is 105 Å². The molecule has 0 unspecified atom stereocenters. The van der Waals surface area contributed by atoms with E-state index < -0.39 is 24.0 Å². The number of aromatic nitrogens is 2. The van der Waals surface area contributed by atoms with Gasteiger partial charge in [0.05, 0.1) is 0 Å². The van der Waals surface area contributed by atoms with E-state index in [0.717, 1.165) is 12.1 Å². The Bertz CT molecular complexity index is 600. The molecule has 1 heterocycles. The highest BCUT2D eigenvalue weighted by atomic mass is 19.1. The molecule has 0 aliphatic rings. The van der Waals surface area contributed by atoms with Gasteiger partial charge in [-0.1, -0.05) is 5.16 Å². The highest BCUT2D eigenvalue weighted by Gasteiger charge is 2.11. The van der Waals surface area contributed by atoms with Gasteiger partial charge >= 0.3 is 5.97 Å². The van der Waals surface area contributed by atoms with Gasteiger partial charge in [0, 0.05) is 6.07 Å². The summed E-state index contributed by atoms with van der Waals surface area (Å²) in [6, 6.07) is 2.86. The van der Waals surface area contributed by atoms with Crippen molar-refractivity contribution < 1.29 is 27.9 Å². The van der Waals surface area contributed by atoms with Crippen molar-refractivity contribution in [2.75, 3.05) is 0 Å². The number of halogens is 2. The van der Waals surface area contributed by atoms with Gasteiger partial charge in [0.15, 0.2) is 18.2 Å². The van der Waals surface area contributed by atoms with Crippen molar-refractivity contribution in [3.63, 3.8) is 0 Å². The molecule has 0 aliphatic heterocycles. The van der Waals surface area contributed by atoms with Crippen molar-refractivity contribution in [3.8, 4) is 5.75 Å². The van der Waals surface area contributed by atoms with Gasteiger partial charge in [-0.05, 0) is 12.1 Å². The van der Waals surface area contributed by atoms with Gasteiger partial charge in [-0.3, -0.25) is 4.79 Å². The summed E-state index contributed by atoms with van der Waals surface area (Å²) in [5.41, 5.74) is 0. The Hall–Kier alpha value is -2.51. The summed E-state index contributed by atoms with van der Waals surface area (Å²) in [5.74, 6) is -2.85. The Morgan fingerprint density at radius 2 is 2.21 bits per heavy atom. The van der Waals surface area contributed by atoms with Crippen LogP contribution in [-0.4, -0.2) is 21.2 Å². The standard InChI is InChI=1S/C11H8F2N2O4/c12-6-1-2-8(7(13)3-6)18-5-9-14-10(19-15-9)4-11(16)17/h1-3H,4-5H2,(H,16,17). The molecular formula is C11H8F2N2O4. The number of hydrogen-bond donors (Lipinski definition) is 1. The van der Waals surface area contributed by atoms with E-state index in [2.05, 4.69) is 14.7 Å². The lowest BCUT2D eigenvalue weighted by Crippen LogP contribution is -2.02. The normalized spacial score (nSPS) is 10.4. The third-order valence-corrected chi connectivity index (χ3v) is 2.06. The van der Waals surface area contributed by atoms with Gasteiger partial charge in [0.2, 0.25) is 11.7 Å². The van der Waals surface area contributed by atoms with Crippen LogP contribution < -0.4 is 4.74 Å². The Morgan fingerprint density at radius 1 is 1.42 bits per heavy atom. The molecule has 2 aromatic rings. The number of aliphatic carboxylic acids is 1. The fraction of sp³-hybridized carbons (Fsp3) is 0.182. The molecule has 0 fully saturated rings. The predicted molar refractivity (Wildman–Crippen MR) is 56.3 cm³/mol. The lowest BCUT2D eigenvalue weighted by Gasteiger charge is -2.03. The van der Waals surface area contributed by atoms with Crippen LogP contribution in [0.15, 0.2) is 22.7 Å².